The molecule has 0 atom stereocenters. The first-order chi connectivity index (χ1) is 12.9. The fraction of sp³-hybridized carbons (Fsp3) is 0.300. The summed E-state index contributed by atoms with van der Waals surface area (Å²) in [5.41, 5.74) is 0.338. The summed E-state index contributed by atoms with van der Waals surface area (Å²) in [5, 5.41) is 1.35. The van der Waals surface area contributed by atoms with Gasteiger partial charge in [0.05, 0.1) is 22.6 Å². The third-order valence-electron chi connectivity index (χ3n) is 5.17. The molecule has 27 heavy (non-hydrogen) atoms. The molecule has 2 aromatic rings. The van der Waals surface area contributed by atoms with Gasteiger partial charge in [0.2, 0.25) is 0 Å². The van der Waals surface area contributed by atoms with Crippen LogP contribution in [-0.4, -0.2) is 35.3 Å². The van der Waals surface area contributed by atoms with Crippen molar-refractivity contribution in [2.24, 2.45) is 0 Å². The maximum atomic E-state index is 12.8. The summed E-state index contributed by atoms with van der Waals surface area (Å²) in [6.45, 7) is 0.968. The number of carbonyl (C=O) groups is 2. The van der Waals surface area contributed by atoms with Gasteiger partial charge in [-0.3, -0.25) is 9.59 Å². The average Bonchev–Trinajstić information content (AvgIpc) is 2.65. The van der Waals surface area contributed by atoms with Crippen LogP contribution in [0.3, 0.4) is 0 Å². The van der Waals surface area contributed by atoms with E-state index in [0.29, 0.717) is 64.3 Å². The summed E-state index contributed by atoms with van der Waals surface area (Å²) >= 11 is 18.1. The number of hydrogen-bond acceptors (Lipinski definition) is 3. The number of likely N-dealkylation sites (tertiary alicyclic amines) is 1. The Morgan fingerprint density at radius 1 is 1.00 bits per heavy atom. The highest BCUT2D eigenvalue weighted by Gasteiger charge is 2.43. The molecule has 1 fully saturated rings. The smallest absolute Gasteiger partial charge is 0.255 e. The summed E-state index contributed by atoms with van der Waals surface area (Å²) < 4.78 is 6.20. The molecule has 0 aliphatic carbocycles. The average molecular weight is 425 g/mol. The summed E-state index contributed by atoms with van der Waals surface area (Å²) in [4.78, 5) is 27.1. The molecule has 0 unspecified atom stereocenters. The molecule has 140 valence electrons. The van der Waals surface area contributed by atoms with Crippen molar-refractivity contribution in [3.63, 3.8) is 0 Å². The fourth-order valence-electron chi connectivity index (χ4n) is 3.69. The van der Waals surface area contributed by atoms with Crippen LogP contribution in [0, 0.1) is 0 Å². The molecule has 0 N–H and O–H groups in total. The standard InChI is InChI=1S/C20H16Cl3NO3/c21-12-1-3-16(23)14(9-12)19(26)24-7-5-20(6-8-24)11-17(25)15-10-13(22)2-4-18(15)27-20/h1-4,9-10H,5-8,11H2. The Kier molecular flexibility index (Phi) is 4.83. The van der Waals surface area contributed by atoms with E-state index in [0.717, 1.165) is 0 Å². The largest absolute Gasteiger partial charge is 0.486 e. The SMILES string of the molecule is O=C1CC2(CCN(C(=O)c3cc(Cl)ccc3Cl)CC2)Oc2ccc(Cl)cc21. The van der Waals surface area contributed by atoms with Gasteiger partial charge in [-0.2, -0.15) is 0 Å². The van der Waals surface area contributed by atoms with Crippen LogP contribution in [0.25, 0.3) is 0 Å². The number of hydrogen-bond donors (Lipinski definition) is 0. The molecule has 2 aromatic carbocycles. The normalized spacial score (nSPS) is 18.2. The van der Waals surface area contributed by atoms with Gasteiger partial charge in [-0.15, -0.1) is 0 Å². The number of amides is 1. The van der Waals surface area contributed by atoms with E-state index in [1.54, 1.807) is 41.3 Å². The first-order valence-corrected chi connectivity index (χ1v) is 9.76. The van der Waals surface area contributed by atoms with Crippen molar-refractivity contribution in [1.29, 1.82) is 0 Å². The zero-order valence-corrected chi connectivity index (χ0v) is 16.6. The monoisotopic (exact) mass is 423 g/mol. The van der Waals surface area contributed by atoms with Gasteiger partial charge in [0.1, 0.15) is 11.4 Å². The van der Waals surface area contributed by atoms with E-state index in [1.165, 1.54) is 0 Å². The van der Waals surface area contributed by atoms with Crippen molar-refractivity contribution in [2.45, 2.75) is 24.9 Å². The van der Waals surface area contributed by atoms with E-state index in [4.69, 9.17) is 39.5 Å². The number of ether oxygens (including phenoxy) is 1. The van der Waals surface area contributed by atoms with Crippen molar-refractivity contribution < 1.29 is 14.3 Å². The van der Waals surface area contributed by atoms with Crippen LogP contribution in [0.2, 0.25) is 15.1 Å². The van der Waals surface area contributed by atoms with Crippen molar-refractivity contribution in [3.8, 4) is 5.75 Å². The lowest BCUT2D eigenvalue weighted by atomic mass is 9.82. The molecule has 0 bridgehead atoms. The lowest BCUT2D eigenvalue weighted by molar-refractivity contribution is -0.00569. The Morgan fingerprint density at radius 2 is 1.67 bits per heavy atom. The van der Waals surface area contributed by atoms with Crippen LogP contribution in [0.4, 0.5) is 0 Å². The van der Waals surface area contributed by atoms with Gasteiger partial charge in [-0.1, -0.05) is 34.8 Å². The molecule has 7 heteroatoms. The molecule has 0 radical (unpaired) electrons. The van der Waals surface area contributed by atoms with Crippen molar-refractivity contribution in [2.75, 3.05) is 13.1 Å². The number of Topliss-reactive ketones (excluding diaryl/α,β-unsaturated/α-hetero) is 1. The van der Waals surface area contributed by atoms with Crippen LogP contribution < -0.4 is 4.74 Å². The van der Waals surface area contributed by atoms with Crippen molar-refractivity contribution in [3.05, 3.63) is 62.6 Å². The highest BCUT2D eigenvalue weighted by atomic mass is 35.5. The molecule has 4 rings (SSSR count). The number of carbonyl (C=O) groups excluding carboxylic acids is 2. The zero-order valence-electron chi connectivity index (χ0n) is 14.3. The van der Waals surface area contributed by atoms with E-state index >= 15 is 0 Å². The molecular weight excluding hydrogens is 409 g/mol. The zero-order chi connectivity index (χ0) is 19.2. The van der Waals surface area contributed by atoms with E-state index in [-0.39, 0.29) is 11.7 Å². The van der Waals surface area contributed by atoms with Crippen LogP contribution in [0.15, 0.2) is 36.4 Å². The molecule has 1 spiro atoms. The number of ketones is 1. The predicted octanol–water partition coefficient (Wildman–Crippen LogP) is 5.29. The van der Waals surface area contributed by atoms with Gasteiger partial charge in [0, 0.05) is 36.0 Å². The second kappa shape index (κ2) is 7.01. The van der Waals surface area contributed by atoms with Gasteiger partial charge in [0.15, 0.2) is 5.78 Å². The summed E-state index contributed by atoms with van der Waals surface area (Å²) in [5.74, 6) is 0.427. The molecule has 1 amide bonds. The number of nitrogens with zero attached hydrogens (tertiary/aromatic N) is 1. The lowest BCUT2D eigenvalue weighted by Crippen LogP contribution is -2.52. The van der Waals surface area contributed by atoms with Gasteiger partial charge < -0.3 is 9.64 Å². The van der Waals surface area contributed by atoms with E-state index in [9.17, 15) is 9.59 Å². The molecule has 2 aliphatic heterocycles. The number of rotatable bonds is 1. The third kappa shape index (κ3) is 3.54. The topological polar surface area (TPSA) is 46.6 Å². The van der Waals surface area contributed by atoms with Crippen LogP contribution in [-0.2, 0) is 0 Å². The molecule has 4 nitrogen and oxygen atoms in total. The maximum absolute atomic E-state index is 12.8. The third-order valence-corrected chi connectivity index (χ3v) is 5.97. The number of benzene rings is 2. The molecular formula is C20H16Cl3NO3. The second-order valence-electron chi connectivity index (χ2n) is 6.94. The molecule has 1 saturated heterocycles. The van der Waals surface area contributed by atoms with Crippen LogP contribution in [0.5, 0.6) is 5.75 Å². The number of piperidine rings is 1. The van der Waals surface area contributed by atoms with E-state index < -0.39 is 5.60 Å². The minimum Gasteiger partial charge on any atom is -0.486 e. The van der Waals surface area contributed by atoms with Crippen LogP contribution >= 0.6 is 34.8 Å². The van der Waals surface area contributed by atoms with Gasteiger partial charge in [-0.25, -0.2) is 0 Å². The van der Waals surface area contributed by atoms with Crippen molar-refractivity contribution in [1.82, 2.24) is 4.90 Å². The first kappa shape index (κ1) is 18.6. The quantitative estimate of drug-likeness (QED) is 0.625. The number of halogens is 3. The Morgan fingerprint density at radius 3 is 2.41 bits per heavy atom. The fourth-order valence-corrected chi connectivity index (χ4v) is 4.24. The predicted molar refractivity (Wildman–Crippen MR) is 105 cm³/mol. The summed E-state index contributed by atoms with van der Waals surface area (Å²) in [6, 6.07) is 9.94. The molecule has 0 aromatic heterocycles. The Balaban J connectivity index is 1.50. The highest BCUT2D eigenvalue weighted by molar-refractivity contribution is 6.35. The Hall–Kier alpha value is -1.75. The van der Waals surface area contributed by atoms with E-state index in [1.807, 2.05) is 0 Å². The Labute approximate surface area is 172 Å². The molecule has 2 heterocycles. The molecule has 0 saturated carbocycles. The molecule has 2 aliphatic rings. The van der Waals surface area contributed by atoms with Gasteiger partial charge in [0.25, 0.3) is 5.91 Å². The van der Waals surface area contributed by atoms with Crippen LogP contribution in [0.1, 0.15) is 40.0 Å². The van der Waals surface area contributed by atoms with Crippen molar-refractivity contribution >= 4 is 46.5 Å². The number of fused-ring (bicyclic) bond motifs is 1. The van der Waals surface area contributed by atoms with Gasteiger partial charge >= 0.3 is 0 Å². The highest BCUT2D eigenvalue weighted by Crippen LogP contribution is 2.40. The maximum Gasteiger partial charge on any atom is 0.255 e. The Bertz CT molecular complexity index is 936. The minimum absolute atomic E-state index is 0.0245. The minimum atomic E-state index is -0.577. The summed E-state index contributed by atoms with van der Waals surface area (Å²) in [6.07, 6.45) is 1.44. The first-order valence-electron chi connectivity index (χ1n) is 8.63. The lowest BCUT2D eigenvalue weighted by Gasteiger charge is -2.44. The second-order valence-corrected chi connectivity index (χ2v) is 8.22. The van der Waals surface area contributed by atoms with E-state index in [2.05, 4.69) is 0 Å². The van der Waals surface area contributed by atoms with Gasteiger partial charge in [-0.05, 0) is 36.4 Å². The summed E-state index contributed by atoms with van der Waals surface area (Å²) in [7, 11) is 0.